The standard InChI is InChI=1S/C11H9BrFN3S/c12-8-5-7(1-2-9(8)13)6-17-11-10(14)15-3-4-16-11/h1-5H,6H2,(H2,14,15). The Labute approximate surface area is 111 Å². The van der Waals surface area contributed by atoms with Crippen LogP contribution < -0.4 is 5.73 Å². The monoisotopic (exact) mass is 313 g/mol. The summed E-state index contributed by atoms with van der Waals surface area (Å²) in [6.07, 6.45) is 3.15. The van der Waals surface area contributed by atoms with Crippen molar-refractivity contribution in [2.45, 2.75) is 10.8 Å². The summed E-state index contributed by atoms with van der Waals surface area (Å²) in [4.78, 5) is 8.07. The second-order valence-electron chi connectivity index (χ2n) is 3.28. The van der Waals surface area contributed by atoms with E-state index < -0.39 is 0 Å². The molecule has 0 amide bonds. The lowest BCUT2D eigenvalue weighted by atomic mass is 10.2. The smallest absolute Gasteiger partial charge is 0.156 e. The Hall–Kier alpha value is -1.14. The minimum absolute atomic E-state index is 0.266. The molecule has 2 aromatic rings. The highest BCUT2D eigenvalue weighted by atomic mass is 79.9. The van der Waals surface area contributed by atoms with Gasteiger partial charge in [0, 0.05) is 18.1 Å². The van der Waals surface area contributed by atoms with Crippen LogP contribution >= 0.6 is 27.7 Å². The summed E-state index contributed by atoms with van der Waals surface area (Å²) in [6, 6.07) is 4.91. The molecule has 1 aromatic heterocycles. The van der Waals surface area contributed by atoms with Gasteiger partial charge in [-0.15, -0.1) is 0 Å². The van der Waals surface area contributed by atoms with Gasteiger partial charge in [0.25, 0.3) is 0 Å². The molecule has 0 radical (unpaired) electrons. The Bertz CT molecular complexity index is 536. The number of thioether (sulfide) groups is 1. The van der Waals surface area contributed by atoms with Crippen molar-refractivity contribution < 1.29 is 4.39 Å². The molecule has 1 heterocycles. The van der Waals surface area contributed by atoms with Crippen LogP contribution in [0.15, 0.2) is 40.1 Å². The first-order chi connectivity index (χ1) is 8.16. The first-order valence-electron chi connectivity index (χ1n) is 4.80. The largest absolute Gasteiger partial charge is 0.381 e. The molecule has 0 atom stereocenters. The van der Waals surface area contributed by atoms with Gasteiger partial charge in [-0.05, 0) is 33.6 Å². The topological polar surface area (TPSA) is 51.8 Å². The van der Waals surface area contributed by atoms with Gasteiger partial charge in [-0.1, -0.05) is 17.8 Å². The fourth-order valence-corrected chi connectivity index (χ4v) is 2.47. The van der Waals surface area contributed by atoms with Crippen LogP contribution in [0.1, 0.15) is 5.56 Å². The summed E-state index contributed by atoms with van der Waals surface area (Å²) >= 11 is 4.62. The Balaban J connectivity index is 2.08. The van der Waals surface area contributed by atoms with Crippen molar-refractivity contribution in [3.05, 3.63) is 46.4 Å². The quantitative estimate of drug-likeness (QED) is 0.884. The van der Waals surface area contributed by atoms with Crippen molar-refractivity contribution in [1.29, 1.82) is 0 Å². The molecule has 6 heteroatoms. The van der Waals surface area contributed by atoms with Crippen molar-refractivity contribution in [1.82, 2.24) is 9.97 Å². The molecule has 0 spiro atoms. The van der Waals surface area contributed by atoms with Crippen LogP contribution in [0.25, 0.3) is 0 Å². The Morgan fingerprint density at radius 3 is 2.76 bits per heavy atom. The highest BCUT2D eigenvalue weighted by Gasteiger charge is 2.04. The van der Waals surface area contributed by atoms with E-state index in [1.54, 1.807) is 24.5 Å². The normalized spacial score (nSPS) is 10.5. The molecule has 0 aliphatic carbocycles. The maximum atomic E-state index is 13.0. The van der Waals surface area contributed by atoms with Gasteiger partial charge >= 0.3 is 0 Å². The number of halogens is 2. The number of anilines is 1. The molecule has 0 unspecified atom stereocenters. The van der Waals surface area contributed by atoms with Crippen LogP contribution in [-0.2, 0) is 5.75 Å². The lowest BCUT2D eigenvalue weighted by molar-refractivity contribution is 0.620. The van der Waals surface area contributed by atoms with E-state index in [1.807, 2.05) is 0 Å². The molecule has 1 aromatic carbocycles. The van der Waals surface area contributed by atoms with Gasteiger partial charge in [0.1, 0.15) is 10.8 Å². The lowest BCUT2D eigenvalue weighted by Crippen LogP contribution is -1.95. The van der Waals surface area contributed by atoms with Crippen LogP contribution in [0.2, 0.25) is 0 Å². The third-order valence-corrected chi connectivity index (χ3v) is 3.72. The van der Waals surface area contributed by atoms with Gasteiger partial charge in [-0.25, -0.2) is 14.4 Å². The molecule has 3 nitrogen and oxygen atoms in total. The van der Waals surface area contributed by atoms with E-state index in [2.05, 4.69) is 25.9 Å². The van der Waals surface area contributed by atoms with Gasteiger partial charge in [-0.3, -0.25) is 0 Å². The van der Waals surface area contributed by atoms with Crippen molar-refractivity contribution in [3.8, 4) is 0 Å². The number of rotatable bonds is 3. The summed E-state index contributed by atoms with van der Waals surface area (Å²) < 4.78 is 13.5. The molecule has 0 saturated heterocycles. The van der Waals surface area contributed by atoms with Gasteiger partial charge in [0.15, 0.2) is 5.82 Å². The zero-order chi connectivity index (χ0) is 12.3. The second kappa shape index (κ2) is 5.46. The molecule has 17 heavy (non-hydrogen) atoms. The van der Waals surface area contributed by atoms with Gasteiger partial charge < -0.3 is 5.73 Å². The summed E-state index contributed by atoms with van der Waals surface area (Å²) in [5.41, 5.74) is 6.67. The van der Waals surface area contributed by atoms with E-state index in [-0.39, 0.29) is 5.82 Å². The minimum Gasteiger partial charge on any atom is -0.381 e. The van der Waals surface area contributed by atoms with Gasteiger partial charge in [0.05, 0.1) is 4.47 Å². The second-order valence-corrected chi connectivity index (χ2v) is 5.10. The van der Waals surface area contributed by atoms with E-state index in [0.717, 1.165) is 5.56 Å². The molecule has 0 saturated carbocycles. The minimum atomic E-state index is -0.266. The number of aromatic nitrogens is 2. The maximum absolute atomic E-state index is 13.0. The van der Waals surface area contributed by atoms with Crippen LogP contribution in [0.4, 0.5) is 10.2 Å². The van der Waals surface area contributed by atoms with E-state index in [0.29, 0.717) is 21.1 Å². The molecule has 0 aliphatic heterocycles. The summed E-state index contributed by atoms with van der Waals surface area (Å²) in [5.74, 6) is 0.818. The number of nitrogens with zero attached hydrogens (tertiary/aromatic N) is 2. The number of nitrogens with two attached hydrogens (primary N) is 1. The number of hydrogen-bond donors (Lipinski definition) is 1. The lowest BCUT2D eigenvalue weighted by Gasteiger charge is -2.04. The van der Waals surface area contributed by atoms with Crippen molar-refractivity contribution in [3.63, 3.8) is 0 Å². The molecule has 2 rings (SSSR count). The number of benzene rings is 1. The zero-order valence-corrected chi connectivity index (χ0v) is 11.1. The average molecular weight is 314 g/mol. The Kier molecular flexibility index (Phi) is 3.96. The first-order valence-corrected chi connectivity index (χ1v) is 6.58. The van der Waals surface area contributed by atoms with Crippen LogP contribution in [0.3, 0.4) is 0 Å². The predicted molar refractivity (Wildman–Crippen MR) is 70.1 cm³/mol. The van der Waals surface area contributed by atoms with Gasteiger partial charge in [-0.2, -0.15) is 0 Å². The third kappa shape index (κ3) is 3.17. The average Bonchev–Trinajstić information content (AvgIpc) is 2.32. The molecular formula is C11H9BrFN3S. The van der Waals surface area contributed by atoms with E-state index in [9.17, 15) is 4.39 Å². The highest BCUT2D eigenvalue weighted by molar-refractivity contribution is 9.10. The van der Waals surface area contributed by atoms with Crippen LogP contribution in [0.5, 0.6) is 0 Å². The first kappa shape index (κ1) is 12.3. The predicted octanol–water partition coefficient (Wildman–Crippen LogP) is 3.25. The highest BCUT2D eigenvalue weighted by Crippen LogP contribution is 2.26. The SMILES string of the molecule is Nc1nccnc1SCc1ccc(F)c(Br)c1. The summed E-state index contributed by atoms with van der Waals surface area (Å²) in [7, 11) is 0. The van der Waals surface area contributed by atoms with Crippen molar-refractivity contribution in [2.75, 3.05) is 5.73 Å². The fourth-order valence-electron chi connectivity index (χ4n) is 1.23. The molecular weight excluding hydrogens is 305 g/mol. The molecule has 0 fully saturated rings. The fraction of sp³-hybridized carbons (Fsp3) is 0.0909. The maximum Gasteiger partial charge on any atom is 0.156 e. The van der Waals surface area contributed by atoms with Gasteiger partial charge in [0.2, 0.25) is 0 Å². The van der Waals surface area contributed by atoms with E-state index in [4.69, 9.17) is 5.73 Å². The van der Waals surface area contributed by atoms with Crippen molar-refractivity contribution >= 4 is 33.5 Å². The summed E-state index contributed by atoms with van der Waals surface area (Å²) in [6.45, 7) is 0. The number of nitrogen functional groups attached to an aromatic ring is 1. The van der Waals surface area contributed by atoms with Crippen LogP contribution in [0, 0.1) is 5.82 Å². The molecule has 2 N–H and O–H groups in total. The third-order valence-electron chi connectivity index (χ3n) is 2.05. The van der Waals surface area contributed by atoms with Crippen LogP contribution in [-0.4, -0.2) is 9.97 Å². The number of hydrogen-bond acceptors (Lipinski definition) is 4. The molecule has 0 bridgehead atoms. The Morgan fingerprint density at radius 2 is 2.06 bits per heavy atom. The van der Waals surface area contributed by atoms with Crippen molar-refractivity contribution in [2.24, 2.45) is 0 Å². The Morgan fingerprint density at radius 1 is 1.29 bits per heavy atom. The molecule has 88 valence electrons. The molecule has 0 aliphatic rings. The van der Waals surface area contributed by atoms with E-state index >= 15 is 0 Å². The van der Waals surface area contributed by atoms with E-state index in [1.165, 1.54) is 17.8 Å². The summed E-state index contributed by atoms with van der Waals surface area (Å²) in [5, 5.41) is 0.688. The zero-order valence-electron chi connectivity index (χ0n) is 8.73.